The number of nitrogens with zero attached hydrogens (tertiary/aromatic N) is 2. The fourth-order valence-corrected chi connectivity index (χ4v) is 5.32. The van der Waals surface area contributed by atoms with Gasteiger partial charge < -0.3 is 10.2 Å². The van der Waals surface area contributed by atoms with Gasteiger partial charge in [0.25, 0.3) is 5.91 Å². The van der Waals surface area contributed by atoms with Crippen molar-refractivity contribution in [2.45, 2.75) is 33.2 Å². The summed E-state index contributed by atoms with van der Waals surface area (Å²) in [6.45, 7) is 6.16. The fraction of sp³-hybridized carbons (Fsp3) is 0.400. The maximum absolute atomic E-state index is 12.6. The van der Waals surface area contributed by atoms with Gasteiger partial charge in [-0.15, -0.1) is 0 Å². The molecule has 1 atom stereocenters. The second-order valence-electron chi connectivity index (χ2n) is 7.30. The summed E-state index contributed by atoms with van der Waals surface area (Å²) in [4.78, 5) is 18.5. The molecule has 6 nitrogen and oxygen atoms in total. The van der Waals surface area contributed by atoms with E-state index < -0.39 is 9.84 Å². The molecule has 0 saturated carbocycles. The monoisotopic (exact) mass is 387 g/mol. The topological polar surface area (TPSA) is 79.4 Å². The van der Waals surface area contributed by atoms with Gasteiger partial charge in [-0.1, -0.05) is 17.7 Å². The van der Waals surface area contributed by atoms with E-state index in [9.17, 15) is 13.2 Å². The molecular weight excluding hydrogens is 362 g/mol. The van der Waals surface area contributed by atoms with Gasteiger partial charge in [0.2, 0.25) is 0 Å². The molecule has 1 aromatic carbocycles. The van der Waals surface area contributed by atoms with E-state index >= 15 is 0 Å². The third kappa shape index (κ3) is 4.30. The summed E-state index contributed by atoms with van der Waals surface area (Å²) in [6.07, 6.45) is 2.02. The van der Waals surface area contributed by atoms with Crippen LogP contribution in [0, 0.1) is 20.8 Å². The quantitative estimate of drug-likeness (QED) is 0.872. The largest absolute Gasteiger partial charge is 0.340 e. The summed E-state index contributed by atoms with van der Waals surface area (Å²) in [7, 11) is -1.38. The number of sulfone groups is 1. The maximum Gasteiger partial charge on any atom is 0.255 e. The summed E-state index contributed by atoms with van der Waals surface area (Å²) < 4.78 is 23.3. The third-order valence-corrected chi connectivity index (χ3v) is 6.77. The lowest BCUT2D eigenvalue weighted by Crippen LogP contribution is -2.37. The number of hydrogen-bond donors (Lipinski definition) is 1. The molecule has 3 rings (SSSR count). The van der Waals surface area contributed by atoms with Gasteiger partial charge in [-0.25, -0.2) is 13.4 Å². The molecule has 0 radical (unpaired) electrons. The van der Waals surface area contributed by atoms with Gasteiger partial charge in [0, 0.05) is 25.0 Å². The maximum atomic E-state index is 12.6. The van der Waals surface area contributed by atoms with Crippen LogP contribution in [-0.2, 0) is 9.84 Å². The van der Waals surface area contributed by atoms with E-state index in [0.717, 1.165) is 16.8 Å². The average Bonchev–Trinajstić information content (AvgIpc) is 2.97. The van der Waals surface area contributed by atoms with Crippen molar-refractivity contribution in [2.75, 3.05) is 23.9 Å². The number of carbonyl (C=O) groups is 1. The van der Waals surface area contributed by atoms with Crippen molar-refractivity contribution in [2.24, 2.45) is 0 Å². The molecule has 2 aromatic rings. The van der Waals surface area contributed by atoms with Crippen LogP contribution >= 0.6 is 0 Å². The van der Waals surface area contributed by atoms with Crippen molar-refractivity contribution in [1.29, 1.82) is 0 Å². The zero-order valence-electron chi connectivity index (χ0n) is 16.1. The number of pyridine rings is 1. The minimum absolute atomic E-state index is 0.0360. The van der Waals surface area contributed by atoms with Gasteiger partial charge in [-0.05, 0) is 50.5 Å². The number of nitrogens with one attached hydrogen (secondary N) is 1. The van der Waals surface area contributed by atoms with Crippen LogP contribution < -0.4 is 5.32 Å². The molecule has 0 aliphatic carbocycles. The summed E-state index contributed by atoms with van der Waals surface area (Å²) in [6, 6.07) is 7.44. The molecule has 1 aromatic heterocycles. The standard InChI is InChI=1S/C20H25N3O3S/c1-13-9-14(2)19(15(3)10-13)22-18-6-5-16(11-21-18)20(24)23(4)17-7-8-27(25,26)12-17/h5-6,9-11,17H,7-8,12H2,1-4H3,(H,21,22). The molecule has 1 N–H and O–H groups in total. The molecule has 1 unspecified atom stereocenters. The van der Waals surface area contributed by atoms with Crippen LogP contribution in [0.4, 0.5) is 11.5 Å². The molecule has 7 heteroatoms. The van der Waals surface area contributed by atoms with Crippen LogP contribution in [0.2, 0.25) is 0 Å². The zero-order chi connectivity index (χ0) is 19.8. The van der Waals surface area contributed by atoms with E-state index in [1.54, 1.807) is 19.2 Å². The summed E-state index contributed by atoms with van der Waals surface area (Å²) in [5.74, 6) is 0.631. The van der Waals surface area contributed by atoms with Gasteiger partial charge in [0.15, 0.2) is 9.84 Å². The second-order valence-corrected chi connectivity index (χ2v) is 9.53. The van der Waals surface area contributed by atoms with Crippen molar-refractivity contribution in [3.8, 4) is 0 Å². The second kappa shape index (κ2) is 7.31. The lowest BCUT2D eigenvalue weighted by molar-refractivity contribution is 0.0747. The first-order chi connectivity index (χ1) is 12.7. The Morgan fingerprint density at radius 2 is 1.85 bits per heavy atom. The number of benzene rings is 1. The number of rotatable bonds is 4. The fourth-order valence-electron chi connectivity index (χ4n) is 3.55. The summed E-state index contributed by atoms with van der Waals surface area (Å²) in [5, 5.41) is 3.31. The molecule has 1 saturated heterocycles. The van der Waals surface area contributed by atoms with E-state index in [2.05, 4.69) is 29.4 Å². The molecule has 0 spiro atoms. The van der Waals surface area contributed by atoms with Crippen molar-refractivity contribution in [3.63, 3.8) is 0 Å². The Kier molecular flexibility index (Phi) is 5.24. The van der Waals surface area contributed by atoms with Crippen molar-refractivity contribution < 1.29 is 13.2 Å². The molecular formula is C20H25N3O3S. The smallest absolute Gasteiger partial charge is 0.255 e. The summed E-state index contributed by atoms with van der Waals surface area (Å²) >= 11 is 0. The van der Waals surface area contributed by atoms with Gasteiger partial charge in [-0.2, -0.15) is 0 Å². The highest BCUT2D eigenvalue weighted by Gasteiger charge is 2.33. The predicted molar refractivity (Wildman–Crippen MR) is 107 cm³/mol. The van der Waals surface area contributed by atoms with Gasteiger partial charge in [0.1, 0.15) is 5.82 Å². The Morgan fingerprint density at radius 3 is 2.37 bits per heavy atom. The van der Waals surface area contributed by atoms with Crippen molar-refractivity contribution >= 4 is 27.2 Å². The summed E-state index contributed by atoms with van der Waals surface area (Å²) in [5.41, 5.74) is 4.94. The first-order valence-electron chi connectivity index (χ1n) is 8.95. The van der Waals surface area contributed by atoms with Crippen LogP contribution in [0.1, 0.15) is 33.5 Å². The molecule has 1 fully saturated rings. The Bertz CT molecular complexity index is 945. The molecule has 0 bridgehead atoms. The molecule has 2 heterocycles. The molecule has 1 amide bonds. The molecule has 1 aliphatic heterocycles. The van der Waals surface area contributed by atoms with Gasteiger partial charge in [0.05, 0.1) is 17.1 Å². The van der Waals surface area contributed by atoms with Crippen LogP contribution in [0.5, 0.6) is 0 Å². The highest BCUT2D eigenvalue weighted by atomic mass is 32.2. The van der Waals surface area contributed by atoms with Crippen molar-refractivity contribution in [1.82, 2.24) is 9.88 Å². The predicted octanol–water partition coefficient (Wildman–Crippen LogP) is 3.01. The highest BCUT2D eigenvalue weighted by molar-refractivity contribution is 7.91. The number of carbonyl (C=O) groups excluding carboxylic acids is 1. The van der Waals surface area contributed by atoms with Crippen molar-refractivity contribution in [3.05, 3.63) is 52.7 Å². The molecule has 27 heavy (non-hydrogen) atoms. The van der Waals surface area contributed by atoms with Gasteiger partial charge in [-0.3, -0.25) is 4.79 Å². The Balaban J connectivity index is 1.73. The van der Waals surface area contributed by atoms with E-state index in [1.807, 2.05) is 13.8 Å². The Labute approximate surface area is 160 Å². The van der Waals surface area contributed by atoms with Crippen LogP contribution in [-0.4, -0.2) is 48.8 Å². The minimum atomic E-state index is -3.03. The van der Waals surface area contributed by atoms with Crippen LogP contribution in [0.15, 0.2) is 30.5 Å². The van der Waals surface area contributed by atoms with Crippen LogP contribution in [0.3, 0.4) is 0 Å². The third-order valence-electron chi connectivity index (χ3n) is 5.02. The first kappa shape index (κ1) is 19.4. The molecule has 144 valence electrons. The first-order valence-corrected chi connectivity index (χ1v) is 10.8. The number of aromatic nitrogens is 1. The molecule has 1 aliphatic rings. The number of hydrogen-bond acceptors (Lipinski definition) is 5. The lowest BCUT2D eigenvalue weighted by Gasteiger charge is -2.23. The minimum Gasteiger partial charge on any atom is -0.340 e. The normalized spacial score (nSPS) is 18.3. The Morgan fingerprint density at radius 1 is 1.19 bits per heavy atom. The van der Waals surface area contributed by atoms with E-state index in [4.69, 9.17) is 0 Å². The highest BCUT2D eigenvalue weighted by Crippen LogP contribution is 2.25. The van der Waals surface area contributed by atoms with E-state index in [0.29, 0.717) is 17.8 Å². The van der Waals surface area contributed by atoms with Crippen LogP contribution in [0.25, 0.3) is 0 Å². The number of amides is 1. The Hall–Kier alpha value is -2.41. The number of anilines is 2. The lowest BCUT2D eigenvalue weighted by atomic mass is 10.1. The zero-order valence-corrected chi connectivity index (χ0v) is 16.9. The average molecular weight is 388 g/mol. The van der Waals surface area contributed by atoms with E-state index in [-0.39, 0.29) is 23.5 Å². The number of aryl methyl sites for hydroxylation is 3. The van der Waals surface area contributed by atoms with Gasteiger partial charge >= 0.3 is 0 Å². The SMILES string of the molecule is Cc1cc(C)c(Nc2ccc(C(=O)N(C)C3CCS(=O)(=O)C3)cn2)c(C)c1. The van der Waals surface area contributed by atoms with E-state index in [1.165, 1.54) is 16.7 Å².